The summed E-state index contributed by atoms with van der Waals surface area (Å²) in [6.45, 7) is 6.70. The summed E-state index contributed by atoms with van der Waals surface area (Å²) in [7, 11) is 0. The number of rotatable bonds is 63. The SMILES string of the molecule is CCCCCCCCCC/C=C\CCCCCCCCCCCCCCCC(=O)OCC(COC(=O)CCCCCCCCCCCCC)OC(=O)CCCCCCCCCCC/C=C\CCCCCCCCCC. The van der Waals surface area contributed by atoms with Gasteiger partial charge < -0.3 is 14.2 Å². The molecule has 0 aromatic heterocycles. The van der Waals surface area contributed by atoms with Gasteiger partial charge in [0.1, 0.15) is 13.2 Å². The molecule has 0 aromatic rings. The normalized spacial score (nSPS) is 12.1. The van der Waals surface area contributed by atoms with Crippen LogP contribution in [0, 0.1) is 0 Å². The van der Waals surface area contributed by atoms with Gasteiger partial charge in [-0.3, -0.25) is 14.4 Å². The number of carbonyl (C=O) groups is 3. The summed E-state index contributed by atoms with van der Waals surface area (Å²) >= 11 is 0. The summed E-state index contributed by atoms with van der Waals surface area (Å²) < 4.78 is 16.9. The van der Waals surface area contributed by atoms with Crippen LogP contribution in [0.3, 0.4) is 0 Å². The topological polar surface area (TPSA) is 78.9 Å². The summed E-state index contributed by atoms with van der Waals surface area (Å²) in [5, 5.41) is 0. The minimum atomic E-state index is -0.769. The molecule has 0 saturated carbocycles. The third kappa shape index (κ3) is 62.6. The molecule has 0 aliphatic rings. The first kappa shape index (κ1) is 72.9. The van der Waals surface area contributed by atoms with E-state index < -0.39 is 6.10 Å². The van der Waals surface area contributed by atoms with Crippen LogP contribution in [-0.4, -0.2) is 37.2 Å². The van der Waals surface area contributed by atoms with Gasteiger partial charge in [0.25, 0.3) is 0 Å². The molecule has 0 N–H and O–H groups in total. The summed E-state index contributed by atoms with van der Waals surface area (Å²) in [5.41, 5.74) is 0. The van der Waals surface area contributed by atoms with Crippen molar-refractivity contribution < 1.29 is 28.6 Å². The smallest absolute Gasteiger partial charge is 0.306 e. The molecule has 6 nitrogen and oxygen atoms in total. The summed E-state index contributed by atoms with van der Waals surface area (Å²) in [5.74, 6) is -0.842. The van der Waals surface area contributed by atoms with E-state index in [1.54, 1.807) is 0 Å². The van der Waals surface area contributed by atoms with E-state index in [1.807, 2.05) is 0 Å². The second-order valence-corrected chi connectivity index (χ2v) is 23.1. The van der Waals surface area contributed by atoms with Gasteiger partial charge in [-0.25, -0.2) is 0 Å². The third-order valence-corrected chi connectivity index (χ3v) is 15.4. The van der Waals surface area contributed by atoms with Crippen LogP contribution in [0.1, 0.15) is 380 Å². The lowest BCUT2D eigenvalue weighted by atomic mass is 10.0. The molecule has 0 bridgehead atoms. The van der Waals surface area contributed by atoms with E-state index >= 15 is 0 Å². The Bertz CT molecular complexity index is 1210. The first-order chi connectivity index (χ1) is 37.0. The molecular formula is C69H130O6. The fraction of sp³-hybridized carbons (Fsp3) is 0.899. The molecule has 0 spiro atoms. The van der Waals surface area contributed by atoms with Gasteiger partial charge in [0, 0.05) is 19.3 Å². The lowest BCUT2D eigenvalue weighted by molar-refractivity contribution is -0.167. The number of allylic oxidation sites excluding steroid dienone is 4. The third-order valence-electron chi connectivity index (χ3n) is 15.4. The predicted octanol–water partition coefficient (Wildman–Crippen LogP) is 23.0. The quantitative estimate of drug-likeness (QED) is 0.0261. The van der Waals surface area contributed by atoms with Crippen molar-refractivity contribution in [2.24, 2.45) is 0 Å². The summed E-state index contributed by atoms with van der Waals surface area (Å²) in [6, 6.07) is 0. The van der Waals surface area contributed by atoms with E-state index in [2.05, 4.69) is 45.1 Å². The van der Waals surface area contributed by atoms with Gasteiger partial charge in [-0.2, -0.15) is 0 Å². The molecule has 0 aromatic carbocycles. The van der Waals surface area contributed by atoms with Crippen molar-refractivity contribution in [1.29, 1.82) is 0 Å². The van der Waals surface area contributed by atoms with Gasteiger partial charge in [0.05, 0.1) is 0 Å². The average molecular weight is 1060 g/mol. The van der Waals surface area contributed by atoms with Crippen LogP contribution in [0.5, 0.6) is 0 Å². The van der Waals surface area contributed by atoms with E-state index in [-0.39, 0.29) is 31.1 Å². The monoisotopic (exact) mass is 1050 g/mol. The molecule has 442 valence electrons. The molecule has 0 fully saturated rings. The maximum atomic E-state index is 12.9. The number of carbonyl (C=O) groups excluding carboxylic acids is 3. The largest absolute Gasteiger partial charge is 0.462 e. The fourth-order valence-electron chi connectivity index (χ4n) is 10.3. The van der Waals surface area contributed by atoms with Crippen LogP contribution < -0.4 is 0 Å². The lowest BCUT2D eigenvalue weighted by Crippen LogP contribution is -2.30. The Balaban J connectivity index is 4.20. The van der Waals surface area contributed by atoms with E-state index in [9.17, 15) is 14.4 Å². The van der Waals surface area contributed by atoms with Crippen LogP contribution in [0.25, 0.3) is 0 Å². The number of ether oxygens (including phenoxy) is 3. The van der Waals surface area contributed by atoms with Crippen molar-refractivity contribution in [3.63, 3.8) is 0 Å². The van der Waals surface area contributed by atoms with E-state index in [0.29, 0.717) is 19.3 Å². The summed E-state index contributed by atoms with van der Waals surface area (Å²) in [6.07, 6.45) is 77.7. The van der Waals surface area contributed by atoms with Gasteiger partial charge >= 0.3 is 17.9 Å². The second kappa shape index (κ2) is 64.4. The number of unbranched alkanes of at least 4 members (excludes halogenated alkanes) is 48. The van der Waals surface area contributed by atoms with E-state index in [0.717, 1.165) is 57.8 Å². The Hall–Kier alpha value is -2.11. The van der Waals surface area contributed by atoms with Gasteiger partial charge in [-0.1, -0.05) is 315 Å². The van der Waals surface area contributed by atoms with Crippen molar-refractivity contribution >= 4 is 17.9 Å². The zero-order valence-electron chi connectivity index (χ0n) is 50.8. The van der Waals surface area contributed by atoms with Crippen LogP contribution >= 0.6 is 0 Å². The Labute approximate surface area is 468 Å². The van der Waals surface area contributed by atoms with Gasteiger partial charge in [0.15, 0.2) is 6.10 Å². The van der Waals surface area contributed by atoms with Crippen molar-refractivity contribution in [2.75, 3.05) is 13.2 Å². The highest BCUT2D eigenvalue weighted by Crippen LogP contribution is 2.18. The molecular weight excluding hydrogens is 925 g/mol. The maximum absolute atomic E-state index is 12.9. The fourth-order valence-corrected chi connectivity index (χ4v) is 10.3. The van der Waals surface area contributed by atoms with Crippen molar-refractivity contribution in [2.45, 2.75) is 386 Å². The second-order valence-electron chi connectivity index (χ2n) is 23.1. The Morgan fingerprint density at radius 1 is 0.253 bits per heavy atom. The maximum Gasteiger partial charge on any atom is 0.306 e. The minimum Gasteiger partial charge on any atom is -0.462 e. The summed E-state index contributed by atoms with van der Waals surface area (Å²) in [4.78, 5) is 38.3. The zero-order chi connectivity index (χ0) is 54.3. The molecule has 0 aliphatic heterocycles. The highest BCUT2D eigenvalue weighted by atomic mass is 16.6. The Morgan fingerprint density at radius 3 is 0.667 bits per heavy atom. The predicted molar refractivity (Wildman–Crippen MR) is 326 cm³/mol. The van der Waals surface area contributed by atoms with Crippen molar-refractivity contribution in [3.05, 3.63) is 24.3 Å². The molecule has 0 radical (unpaired) electrons. The average Bonchev–Trinajstić information content (AvgIpc) is 3.41. The van der Waals surface area contributed by atoms with Gasteiger partial charge in [-0.05, 0) is 70.6 Å². The van der Waals surface area contributed by atoms with E-state index in [4.69, 9.17) is 14.2 Å². The minimum absolute atomic E-state index is 0.0667. The highest BCUT2D eigenvalue weighted by Gasteiger charge is 2.19. The van der Waals surface area contributed by atoms with E-state index in [1.165, 1.54) is 283 Å². The molecule has 0 saturated heterocycles. The first-order valence-electron chi connectivity index (χ1n) is 33.8. The molecule has 1 unspecified atom stereocenters. The van der Waals surface area contributed by atoms with Crippen molar-refractivity contribution in [3.8, 4) is 0 Å². The van der Waals surface area contributed by atoms with Gasteiger partial charge in [0.2, 0.25) is 0 Å². The molecule has 0 amide bonds. The Kier molecular flexibility index (Phi) is 62.6. The standard InChI is InChI=1S/C69H130O6/c1-4-7-10-13-16-19-22-24-26-28-30-32-33-34-35-37-38-40-42-44-47-50-53-56-59-62-68(71)74-65-66(64-73-67(70)61-58-55-52-49-46-21-18-15-12-9-6-3)75-69(72)63-60-57-54-51-48-45-43-41-39-36-31-29-27-25-23-20-17-14-11-8-5-2/h28-31,66H,4-27,32-65H2,1-3H3/b30-28-,31-29-. The zero-order valence-corrected chi connectivity index (χ0v) is 50.8. The van der Waals surface area contributed by atoms with Crippen LogP contribution in [-0.2, 0) is 28.6 Å². The van der Waals surface area contributed by atoms with Crippen molar-refractivity contribution in [1.82, 2.24) is 0 Å². The number of esters is 3. The van der Waals surface area contributed by atoms with Gasteiger partial charge in [-0.15, -0.1) is 0 Å². The molecule has 0 heterocycles. The molecule has 0 rings (SSSR count). The molecule has 0 aliphatic carbocycles. The number of hydrogen-bond donors (Lipinski definition) is 0. The lowest BCUT2D eigenvalue weighted by Gasteiger charge is -2.18. The molecule has 1 atom stereocenters. The highest BCUT2D eigenvalue weighted by molar-refractivity contribution is 5.71. The number of hydrogen-bond acceptors (Lipinski definition) is 6. The molecule has 75 heavy (non-hydrogen) atoms. The first-order valence-corrected chi connectivity index (χ1v) is 33.8. The van der Waals surface area contributed by atoms with Crippen LogP contribution in [0.4, 0.5) is 0 Å². The van der Waals surface area contributed by atoms with Crippen LogP contribution in [0.2, 0.25) is 0 Å². The Morgan fingerprint density at radius 2 is 0.440 bits per heavy atom. The van der Waals surface area contributed by atoms with Crippen LogP contribution in [0.15, 0.2) is 24.3 Å². The molecule has 6 heteroatoms.